The first-order valence-electron chi connectivity index (χ1n) is 11.3. The minimum Gasteiger partial charge on any atom is -0.508 e. The Bertz CT molecular complexity index is 1710. The van der Waals surface area contributed by atoms with E-state index in [1.54, 1.807) is 22.9 Å². The average Bonchev–Trinajstić information content (AvgIpc) is 2.87. The SMILES string of the molecule is Cc1ccccc1-n1c(CNc2ncnc(N)c2C(=N)c2cc(O)cc(F)c2)cc2ncccc2c1=O. The molecule has 184 valence electrons. The van der Waals surface area contributed by atoms with Gasteiger partial charge in [0.2, 0.25) is 0 Å². The molecule has 0 aliphatic rings. The Morgan fingerprint density at radius 1 is 1.11 bits per heavy atom. The van der Waals surface area contributed by atoms with Crippen molar-refractivity contribution in [1.82, 2.24) is 19.5 Å². The number of nitrogens with zero attached hydrogens (tertiary/aromatic N) is 4. The van der Waals surface area contributed by atoms with Gasteiger partial charge in [0, 0.05) is 23.5 Å². The van der Waals surface area contributed by atoms with E-state index in [4.69, 9.17) is 11.1 Å². The molecule has 0 spiro atoms. The summed E-state index contributed by atoms with van der Waals surface area (Å²) >= 11 is 0. The second kappa shape index (κ2) is 9.50. The molecule has 3 aromatic heterocycles. The van der Waals surface area contributed by atoms with Crippen molar-refractivity contribution in [3.05, 3.63) is 112 Å². The van der Waals surface area contributed by atoms with Crippen molar-refractivity contribution in [3.8, 4) is 11.4 Å². The van der Waals surface area contributed by atoms with Gasteiger partial charge in [-0.1, -0.05) is 18.2 Å². The summed E-state index contributed by atoms with van der Waals surface area (Å²) in [7, 11) is 0. The molecular formula is C27H22FN7O2. The number of phenolic OH excluding ortho intramolecular Hbond substituents is 1. The van der Waals surface area contributed by atoms with Gasteiger partial charge in [0.05, 0.1) is 34.4 Å². The number of rotatable bonds is 6. The van der Waals surface area contributed by atoms with Crippen LogP contribution in [0.1, 0.15) is 22.4 Å². The second-order valence-electron chi connectivity index (χ2n) is 8.41. The largest absolute Gasteiger partial charge is 0.508 e. The van der Waals surface area contributed by atoms with Gasteiger partial charge < -0.3 is 16.2 Å². The molecule has 0 radical (unpaired) electrons. The number of aryl methyl sites for hydroxylation is 1. The van der Waals surface area contributed by atoms with E-state index in [1.165, 1.54) is 12.4 Å². The fraction of sp³-hybridized carbons (Fsp3) is 0.0741. The molecule has 5 rings (SSSR count). The maximum atomic E-state index is 13.9. The number of fused-ring (bicyclic) bond motifs is 1. The first-order chi connectivity index (χ1) is 17.8. The molecule has 2 aromatic carbocycles. The third kappa shape index (κ3) is 4.47. The molecular weight excluding hydrogens is 473 g/mol. The summed E-state index contributed by atoms with van der Waals surface area (Å²) in [4.78, 5) is 26.1. The molecule has 0 aliphatic carbocycles. The third-order valence-corrected chi connectivity index (χ3v) is 5.95. The molecule has 0 unspecified atom stereocenters. The van der Waals surface area contributed by atoms with Crippen LogP contribution in [0.25, 0.3) is 16.6 Å². The summed E-state index contributed by atoms with van der Waals surface area (Å²) in [6, 6.07) is 16.1. The van der Waals surface area contributed by atoms with E-state index in [9.17, 15) is 14.3 Å². The van der Waals surface area contributed by atoms with Crippen molar-refractivity contribution >= 4 is 28.3 Å². The molecule has 10 heteroatoms. The fourth-order valence-corrected chi connectivity index (χ4v) is 4.21. The maximum absolute atomic E-state index is 13.9. The molecule has 0 bridgehead atoms. The lowest BCUT2D eigenvalue weighted by Crippen LogP contribution is -2.25. The van der Waals surface area contributed by atoms with Gasteiger partial charge in [-0.2, -0.15) is 0 Å². The van der Waals surface area contributed by atoms with Crippen LogP contribution in [0, 0.1) is 18.2 Å². The number of aromatic hydroxyl groups is 1. The number of nitrogen functional groups attached to an aromatic ring is 1. The van der Waals surface area contributed by atoms with E-state index >= 15 is 0 Å². The van der Waals surface area contributed by atoms with Crippen LogP contribution in [0.2, 0.25) is 0 Å². The molecule has 0 aliphatic heterocycles. The Labute approximate surface area is 210 Å². The minimum absolute atomic E-state index is 0.00252. The van der Waals surface area contributed by atoms with E-state index in [-0.39, 0.29) is 46.3 Å². The monoisotopic (exact) mass is 495 g/mol. The molecule has 37 heavy (non-hydrogen) atoms. The van der Waals surface area contributed by atoms with Crippen molar-refractivity contribution in [1.29, 1.82) is 5.41 Å². The second-order valence-corrected chi connectivity index (χ2v) is 8.41. The van der Waals surface area contributed by atoms with Gasteiger partial charge in [0.15, 0.2) is 0 Å². The van der Waals surface area contributed by atoms with Crippen molar-refractivity contribution in [3.63, 3.8) is 0 Å². The highest BCUT2D eigenvalue weighted by atomic mass is 19.1. The smallest absolute Gasteiger partial charge is 0.264 e. The van der Waals surface area contributed by atoms with Gasteiger partial charge in [0.1, 0.15) is 29.5 Å². The maximum Gasteiger partial charge on any atom is 0.264 e. The lowest BCUT2D eigenvalue weighted by Gasteiger charge is -2.18. The number of hydrogen-bond donors (Lipinski definition) is 4. The molecule has 5 N–H and O–H groups in total. The number of hydrogen-bond acceptors (Lipinski definition) is 8. The topological polar surface area (TPSA) is 143 Å². The number of para-hydroxylation sites is 1. The van der Waals surface area contributed by atoms with Crippen LogP contribution in [-0.2, 0) is 6.54 Å². The van der Waals surface area contributed by atoms with E-state index in [2.05, 4.69) is 20.3 Å². The number of aromatic nitrogens is 4. The van der Waals surface area contributed by atoms with Crippen LogP contribution in [0.3, 0.4) is 0 Å². The number of nitrogens with one attached hydrogen (secondary N) is 2. The van der Waals surface area contributed by atoms with E-state index in [0.29, 0.717) is 16.6 Å². The first kappa shape index (κ1) is 23.6. The van der Waals surface area contributed by atoms with Gasteiger partial charge in [0.25, 0.3) is 5.56 Å². The Morgan fingerprint density at radius 2 is 1.92 bits per heavy atom. The number of phenols is 1. The van der Waals surface area contributed by atoms with Crippen LogP contribution in [0.4, 0.5) is 16.0 Å². The highest BCUT2D eigenvalue weighted by Gasteiger charge is 2.19. The van der Waals surface area contributed by atoms with Gasteiger partial charge >= 0.3 is 0 Å². The van der Waals surface area contributed by atoms with Gasteiger partial charge in [-0.25, -0.2) is 14.4 Å². The van der Waals surface area contributed by atoms with Crippen molar-refractivity contribution < 1.29 is 9.50 Å². The lowest BCUT2D eigenvalue weighted by molar-refractivity contribution is 0.469. The van der Waals surface area contributed by atoms with Crippen molar-refractivity contribution in [2.24, 2.45) is 0 Å². The zero-order valence-corrected chi connectivity index (χ0v) is 19.7. The minimum atomic E-state index is -0.699. The molecule has 5 aromatic rings. The van der Waals surface area contributed by atoms with Crippen LogP contribution >= 0.6 is 0 Å². The van der Waals surface area contributed by atoms with Gasteiger partial charge in [-0.3, -0.25) is 19.8 Å². The molecule has 3 heterocycles. The van der Waals surface area contributed by atoms with E-state index in [1.807, 2.05) is 37.3 Å². The molecule has 0 saturated heterocycles. The van der Waals surface area contributed by atoms with Crippen LogP contribution in [0.5, 0.6) is 5.75 Å². The van der Waals surface area contributed by atoms with Gasteiger partial charge in [-0.15, -0.1) is 0 Å². The van der Waals surface area contributed by atoms with Crippen LogP contribution < -0.4 is 16.6 Å². The summed E-state index contributed by atoms with van der Waals surface area (Å²) in [6.07, 6.45) is 2.86. The van der Waals surface area contributed by atoms with Crippen LogP contribution in [-0.4, -0.2) is 30.3 Å². The molecule has 9 nitrogen and oxygen atoms in total. The predicted molar refractivity (Wildman–Crippen MR) is 140 cm³/mol. The predicted octanol–water partition coefficient (Wildman–Crippen LogP) is 3.94. The van der Waals surface area contributed by atoms with Crippen LogP contribution in [0.15, 0.2) is 78.0 Å². The number of anilines is 2. The molecule has 0 fully saturated rings. The summed E-state index contributed by atoms with van der Waals surface area (Å²) in [5, 5.41) is 22.1. The Hall–Kier alpha value is -5.12. The van der Waals surface area contributed by atoms with Gasteiger partial charge in [-0.05, 0) is 48.9 Å². The summed E-state index contributed by atoms with van der Waals surface area (Å²) in [5.74, 6) is -0.806. The summed E-state index contributed by atoms with van der Waals surface area (Å²) < 4.78 is 15.5. The highest BCUT2D eigenvalue weighted by molar-refractivity contribution is 6.16. The average molecular weight is 496 g/mol. The Kier molecular flexibility index (Phi) is 6.06. The van der Waals surface area contributed by atoms with Crippen molar-refractivity contribution in [2.45, 2.75) is 13.5 Å². The van der Waals surface area contributed by atoms with E-state index in [0.717, 1.165) is 23.4 Å². The number of nitrogens with two attached hydrogens (primary N) is 1. The number of pyridine rings is 2. The normalized spacial score (nSPS) is 11.0. The Balaban J connectivity index is 1.59. The molecule has 0 amide bonds. The number of halogens is 1. The molecule has 0 saturated carbocycles. The van der Waals surface area contributed by atoms with Crippen molar-refractivity contribution in [2.75, 3.05) is 11.1 Å². The first-order valence-corrected chi connectivity index (χ1v) is 11.3. The lowest BCUT2D eigenvalue weighted by atomic mass is 10.0. The molecule has 0 atom stereocenters. The Morgan fingerprint density at radius 3 is 2.70 bits per heavy atom. The summed E-state index contributed by atoms with van der Waals surface area (Å²) in [6.45, 7) is 2.05. The number of benzene rings is 2. The zero-order valence-electron chi connectivity index (χ0n) is 19.7. The third-order valence-electron chi connectivity index (χ3n) is 5.95. The zero-order chi connectivity index (χ0) is 26.1. The highest BCUT2D eigenvalue weighted by Crippen LogP contribution is 2.25. The van der Waals surface area contributed by atoms with E-state index < -0.39 is 5.82 Å². The summed E-state index contributed by atoms with van der Waals surface area (Å²) in [5.41, 5.74) is 8.71. The standard InChI is InChI=1S/C27H22FN7O2/c1-15-5-2-3-7-22(15)35-18(12-21-20(27(35)37)6-4-8-31-21)13-32-26-23(25(30)33-14-34-26)24(29)16-9-17(28)11-19(36)10-16/h2-12,14,29,36H,13H2,1H3,(H3,30,32,33,34). The quantitative estimate of drug-likeness (QED) is 0.261. The fourth-order valence-electron chi connectivity index (χ4n) is 4.21.